The molecule has 2 rings (SSSR count). The van der Waals surface area contributed by atoms with Crippen molar-refractivity contribution < 1.29 is 19.4 Å². The van der Waals surface area contributed by atoms with Gasteiger partial charge >= 0.3 is 5.97 Å². The highest BCUT2D eigenvalue weighted by Gasteiger charge is 2.17. The third-order valence-corrected chi connectivity index (χ3v) is 3.08. The van der Waals surface area contributed by atoms with Crippen molar-refractivity contribution in [2.45, 2.75) is 19.1 Å². The summed E-state index contributed by atoms with van der Waals surface area (Å²) >= 11 is 0. The van der Waals surface area contributed by atoms with E-state index >= 15 is 0 Å². The van der Waals surface area contributed by atoms with Crippen LogP contribution in [0.5, 0.6) is 5.75 Å². The second-order valence-corrected chi connectivity index (χ2v) is 4.66. The van der Waals surface area contributed by atoms with Crippen LogP contribution >= 0.6 is 0 Å². The average Bonchev–Trinajstić information content (AvgIpc) is 2.54. The van der Waals surface area contributed by atoms with E-state index in [0.29, 0.717) is 0 Å². The Labute approximate surface area is 123 Å². The van der Waals surface area contributed by atoms with E-state index in [2.05, 4.69) is 0 Å². The molecule has 1 atom stereocenters. The Bertz CT molecular complexity index is 563. The van der Waals surface area contributed by atoms with Crippen molar-refractivity contribution in [1.82, 2.24) is 0 Å². The van der Waals surface area contributed by atoms with Gasteiger partial charge in [-0.05, 0) is 23.3 Å². The van der Waals surface area contributed by atoms with E-state index in [1.54, 1.807) is 19.2 Å². The molecular weight excluding hydrogens is 268 g/mol. The van der Waals surface area contributed by atoms with Gasteiger partial charge < -0.3 is 14.6 Å². The monoisotopic (exact) mass is 286 g/mol. The molecule has 4 nitrogen and oxygen atoms in total. The van der Waals surface area contributed by atoms with Gasteiger partial charge in [-0.1, -0.05) is 42.5 Å². The molecule has 4 heteroatoms. The van der Waals surface area contributed by atoms with E-state index in [1.165, 1.54) is 0 Å². The summed E-state index contributed by atoms with van der Waals surface area (Å²) in [6, 6.07) is 16.6. The number of hydrogen-bond acceptors (Lipinski definition) is 4. The van der Waals surface area contributed by atoms with E-state index < -0.39 is 12.1 Å². The van der Waals surface area contributed by atoms with E-state index in [-0.39, 0.29) is 13.0 Å². The fraction of sp³-hybridized carbons (Fsp3) is 0.235. The summed E-state index contributed by atoms with van der Waals surface area (Å²) in [6.45, 7) is 0.166. The van der Waals surface area contributed by atoms with Crippen LogP contribution in [0.15, 0.2) is 54.6 Å². The van der Waals surface area contributed by atoms with Crippen molar-refractivity contribution in [3.8, 4) is 5.75 Å². The van der Waals surface area contributed by atoms with Gasteiger partial charge in [-0.15, -0.1) is 0 Å². The van der Waals surface area contributed by atoms with Gasteiger partial charge in [-0.3, -0.25) is 0 Å². The zero-order valence-electron chi connectivity index (χ0n) is 11.9. The maximum absolute atomic E-state index is 11.7. The highest BCUT2D eigenvalue weighted by atomic mass is 16.5. The van der Waals surface area contributed by atoms with E-state index in [9.17, 15) is 9.90 Å². The summed E-state index contributed by atoms with van der Waals surface area (Å²) in [5.41, 5.74) is 1.74. The molecule has 0 radical (unpaired) electrons. The molecule has 0 bridgehead atoms. The third kappa shape index (κ3) is 4.61. The average molecular weight is 286 g/mol. The van der Waals surface area contributed by atoms with Crippen LogP contribution in [0.3, 0.4) is 0 Å². The summed E-state index contributed by atoms with van der Waals surface area (Å²) in [5, 5.41) is 9.87. The van der Waals surface area contributed by atoms with E-state index in [0.717, 1.165) is 16.9 Å². The number of carbonyl (C=O) groups is 1. The number of aliphatic hydroxyl groups is 1. The standard InChI is InChI=1S/C17H18O4/c1-20-15-9-7-13(8-10-15)11-16(18)17(19)21-12-14-5-3-2-4-6-14/h2-10,16,18H,11-12H2,1H3. The molecule has 0 aromatic heterocycles. The Morgan fingerprint density at radius 2 is 1.71 bits per heavy atom. The normalized spacial score (nSPS) is 11.7. The van der Waals surface area contributed by atoms with Crippen LogP contribution in [0.2, 0.25) is 0 Å². The molecule has 0 aliphatic rings. The number of ether oxygens (including phenoxy) is 2. The van der Waals surface area contributed by atoms with Gasteiger partial charge in [-0.2, -0.15) is 0 Å². The minimum Gasteiger partial charge on any atom is -0.497 e. The molecule has 0 spiro atoms. The van der Waals surface area contributed by atoms with Gasteiger partial charge in [0.2, 0.25) is 0 Å². The minimum atomic E-state index is -1.16. The van der Waals surface area contributed by atoms with Crippen molar-refractivity contribution in [3.63, 3.8) is 0 Å². The number of esters is 1. The molecule has 0 saturated heterocycles. The molecule has 0 fully saturated rings. The first-order chi connectivity index (χ1) is 10.2. The van der Waals surface area contributed by atoms with Crippen LogP contribution in [0.1, 0.15) is 11.1 Å². The first kappa shape index (κ1) is 15.1. The predicted octanol–water partition coefficient (Wildman–Crippen LogP) is 2.34. The van der Waals surface area contributed by atoms with Crippen molar-refractivity contribution in [2.24, 2.45) is 0 Å². The summed E-state index contributed by atoms with van der Waals surface area (Å²) in [7, 11) is 1.59. The molecule has 0 aliphatic heterocycles. The first-order valence-electron chi connectivity index (χ1n) is 6.70. The van der Waals surface area contributed by atoms with Gasteiger partial charge in [0.25, 0.3) is 0 Å². The molecule has 0 amide bonds. The van der Waals surface area contributed by atoms with Crippen LogP contribution in [-0.2, 0) is 22.6 Å². The van der Waals surface area contributed by atoms with Crippen molar-refractivity contribution in [1.29, 1.82) is 0 Å². The number of carbonyl (C=O) groups excluding carboxylic acids is 1. The summed E-state index contributed by atoms with van der Waals surface area (Å²) in [6.07, 6.45) is -0.945. The highest BCUT2D eigenvalue weighted by molar-refractivity contribution is 5.74. The Hall–Kier alpha value is -2.33. The Balaban J connectivity index is 1.84. The van der Waals surface area contributed by atoms with Crippen molar-refractivity contribution in [2.75, 3.05) is 7.11 Å². The molecule has 1 unspecified atom stereocenters. The van der Waals surface area contributed by atoms with Gasteiger partial charge in [0.15, 0.2) is 6.10 Å². The lowest BCUT2D eigenvalue weighted by Crippen LogP contribution is -2.25. The fourth-order valence-corrected chi connectivity index (χ4v) is 1.89. The van der Waals surface area contributed by atoms with Crippen LogP contribution in [0.4, 0.5) is 0 Å². The topological polar surface area (TPSA) is 55.8 Å². The van der Waals surface area contributed by atoms with Gasteiger partial charge in [0.05, 0.1) is 7.11 Å². The largest absolute Gasteiger partial charge is 0.497 e. The third-order valence-electron chi connectivity index (χ3n) is 3.08. The predicted molar refractivity (Wildman–Crippen MR) is 78.9 cm³/mol. The summed E-state index contributed by atoms with van der Waals surface area (Å²) in [5.74, 6) is 0.120. The SMILES string of the molecule is COc1ccc(CC(O)C(=O)OCc2ccccc2)cc1. The highest BCUT2D eigenvalue weighted by Crippen LogP contribution is 2.13. The number of methoxy groups -OCH3 is 1. The minimum absolute atomic E-state index is 0.166. The molecule has 2 aromatic carbocycles. The van der Waals surface area contributed by atoms with Gasteiger partial charge in [0.1, 0.15) is 12.4 Å². The van der Waals surface area contributed by atoms with Crippen LogP contribution in [0.25, 0.3) is 0 Å². The number of hydrogen-bond donors (Lipinski definition) is 1. The van der Waals surface area contributed by atoms with Gasteiger partial charge in [0, 0.05) is 6.42 Å². The smallest absolute Gasteiger partial charge is 0.335 e. The second-order valence-electron chi connectivity index (χ2n) is 4.66. The van der Waals surface area contributed by atoms with E-state index in [4.69, 9.17) is 9.47 Å². The summed E-state index contributed by atoms with van der Waals surface area (Å²) in [4.78, 5) is 11.7. The molecule has 1 N–H and O–H groups in total. The lowest BCUT2D eigenvalue weighted by molar-refractivity contribution is -0.154. The van der Waals surface area contributed by atoms with Crippen molar-refractivity contribution >= 4 is 5.97 Å². The number of rotatable bonds is 6. The Morgan fingerprint density at radius 1 is 1.05 bits per heavy atom. The van der Waals surface area contributed by atoms with Crippen molar-refractivity contribution in [3.05, 3.63) is 65.7 Å². The maximum atomic E-state index is 11.7. The number of aliphatic hydroxyl groups excluding tert-OH is 1. The molecule has 0 saturated carbocycles. The lowest BCUT2D eigenvalue weighted by Gasteiger charge is -2.11. The summed E-state index contributed by atoms with van der Waals surface area (Å²) < 4.78 is 10.1. The zero-order valence-corrected chi connectivity index (χ0v) is 11.9. The van der Waals surface area contributed by atoms with Gasteiger partial charge in [-0.25, -0.2) is 4.79 Å². The zero-order chi connectivity index (χ0) is 15.1. The fourth-order valence-electron chi connectivity index (χ4n) is 1.89. The van der Waals surface area contributed by atoms with Crippen LogP contribution < -0.4 is 4.74 Å². The number of benzene rings is 2. The van der Waals surface area contributed by atoms with Crippen LogP contribution in [0, 0.1) is 0 Å². The molecule has 110 valence electrons. The molecular formula is C17H18O4. The molecule has 0 aliphatic carbocycles. The first-order valence-corrected chi connectivity index (χ1v) is 6.70. The Kier molecular flexibility index (Phi) is 5.35. The molecule has 2 aromatic rings. The lowest BCUT2D eigenvalue weighted by atomic mass is 10.1. The Morgan fingerprint density at radius 3 is 2.33 bits per heavy atom. The quantitative estimate of drug-likeness (QED) is 0.828. The van der Waals surface area contributed by atoms with E-state index in [1.807, 2.05) is 42.5 Å². The molecule has 21 heavy (non-hydrogen) atoms. The molecule has 0 heterocycles. The maximum Gasteiger partial charge on any atom is 0.335 e. The van der Waals surface area contributed by atoms with Crippen LogP contribution in [-0.4, -0.2) is 24.3 Å². The second kappa shape index (κ2) is 7.45.